The maximum atomic E-state index is 5.15. The van der Waals surface area contributed by atoms with E-state index in [0.29, 0.717) is 11.3 Å². The third kappa shape index (κ3) is 3.96. The van der Waals surface area contributed by atoms with Crippen molar-refractivity contribution in [3.05, 3.63) is 114 Å². The van der Waals surface area contributed by atoms with Crippen molar-refractivity contribution in [1.82, 2.24) is 4.44 Å². The van der Waals surface area contributed by atoms with Gasteiger partial charge in [-0.15, -0.1) is 0 Å². The van der Waals surface area contributed by atoms with E-state index in [1.165, 1.54) is 51.2 Å². The van der Waals surface area contributed by atoms with Gasteiger partial charge in [-0.05, 0) is 60.0 Å². The smallest absolute Gasteiger partial charge is 0.0653 e. The molecule has 2 aliphatic rings. The number of hydrogen-bond acceptors (Lipinski definition) is 1. The van der Waals surface area contributed by atoms with Crippen LogP contribution in [0.3, 0.4) is 0 Å². The molecule has 2 heterocycles. The Labute approximate surface area is 214 Å². The van der Waals surface area contributed by atoms with Crippen molar-refractivity contribution in [2.75, 3.05) is 12.7 Å². The van der Waals surface area contributed by atoms with Crippen molar-refractivity contribution in [3.8, 4) is 0 Å². The fourth-order valence-corrected chi connectivity index (χ4v) is 22.9. The quantitative estimate of drug-likeness (QED) is 0.264. The summed E-state index contributed by atoms with van der Waals surface area (Å²) >= 11 is 0. The molecule has 0 N–H and O–H groups in total. The second-order valence-corrected chi connectivity index (χ2v) is 18.2. The summed E-state index contributed by atoms with van der Waals surface area (Å²) in [5, 5.41) is 3.26. The lowest BCUT2D eigenvalue weighted by atomic mass is 10.0. The first-order valence-corrected chi connectivity index (χ1v) is 17.4. The molecule has 0 aliphatic carbocycles. The van der Waals surface area contributed by atoms with Gasteiger partial charge in [-0.2, -0.15) is 0 Å². The Morgan fingerprint density at radius 2 is 1.20 bits per heavy atom. The highest BCUT2D eigenvalue weighted by atomic mass is 31.3. The zero-order valence-electron chi connectivity index (χ0n) is 21.5. The van der Waals surface area contributed by atoms with Crippen LogP contribution >= 0.6 is 14.8 Å². The van der Waals surface area contributed by atoms with Crippen molar-refractivity contribution in [2.24, 2.45) is 0 Å². The predicted octanol–water partition coefficient (Wildman–Crippen LogP) is 9.84. The van der Waals surface area contributed by atoms with Gasteiger partial charge < -0.3 is 0 Å². The van der Waals surface area contributed by atoms with Crippen LogP contribution in [0.4, 0.5) is 0 Å². The van der Waals surface area contributed by atoms with E-state index in [1.807, 2.05) is 0 Å². The van der Waals surface area contributed by atoms with Gasteiger partial charge in [-0.1, -0.05) is 106 Å². The van der Waals surface area contributed by atoms with Gasteiger partial charge in [0.2, 0.25) is 19.9 Å². The van der Waals surface area contributed by atoms with Gasteiger partial charge in [-0.25, -0.2) is 0 Å². The maximum Gasteiger partial charge on any atom is 0.244 e. The minimum atomic E-state index is -1.65. The monoisotopic (exact) mass is 501 g/mol. The normalized spacial score (nSPS) is 25.6. The molecule has 5 rings (SSSR count). The summed E-state index contributed by atoms with van der Waals surface area (Å²) < 4.78 is 3.18. The van der Waals surface area contributed by atoms with Crippen LogP contribution in [-0.4, -0.2) is 17.1 Å². The van der Waals surface area contributed by atoms with Crippen molar-refractivity contribution in [2.45, 2.75) is 63.7 Å². The van der Waals surface area contributed by atoms with Crippen molar-refractivity contribution in [1.29, 1.82) is 0 Å². The number of rotatable bonds is 9. The van der Waals surface area contributed by atoms with Crippen molar-refractivity contribution >= 4 is 20.1 Å². The Balaban J connectivity index is 1.71. The summed E-state index contributed by atoms with van der Waals surface area (Å²) in [7, 11) is -3.27. The first-order valence-electron chi connectivity index (χ1n) is 13.6. The molecule has 3 aromatic rings. The zero-order valence-corrected chi connectivity index (χ0v) is 23.3. The van der Waals surface area contributed by atoms with Crippen LogP contribution in [0.15, 0.2) is 103 Å². The first kappa shape index (κ1) is 24.9. The van der Waals surface area contributed by atoms with Gasteiger partial charge in [0.05, 0.1) is 12.7 Å². The number of unbranched alkanes of at least 4 members (excludes halogenated alkanes) is 2. The Morgan fingerprint density at radius 1 is 0.714 bits per heavy atom. The molecular formula is C32H41NP2+2. The van der Waals surface area contributed by atoms with Crippen LogP contribution < -0.4 is 5.30 Å². The molecule has 1 unspecified atom stereocenters. The molecule has 3 heteroatoms. The third-order valence-corrected chi connectivity index (χ3v) is 20.9. The molecule has 35 heavy (non-hydrogen) atoms. The van der Waals surface area contributed by atoms with E-state index >= 15 is 0 Å². The molecule has 0 saturated carbocycles. The fourth-order valence-electron chi connectivity index (χ4n) is 6.85. The molecule has 2 fully saturated rings. The molecule has 2 saturated heterocycles. The highest BCUT2D eigenvalue weighted by Crippen LogP contribution is 3.09. The summed E-state index contributed by atoms with van der Waals surface area (Å²) in [6.45, 7) is 11.1. The van der Waals surface area contributed by atoms with Crippen LogP contribution in [0.1, 0.15) is 74.8 Å². The standard InChI is InChI=1S/C32H41NP2/c1-4-6-25-33-34(26-7-5-2,30-21-15-10-16-22-30)27(3)35(33)31(28-17-11-8-12-18-28)23-24-32(35)29-19-13-9-14-20-29/h8-22,31-32H,3-7,23-26H2,1-2H3/q+2/t31-,32-,34?/m0/s1. The highest BCUT2D eigenvalue weighted by Gasteiger charge is 2.87. The molecule has 0 bridgehead atoms. The van der Waals surface area contributed by atoms with Crippen LogP contribution in [0, 0.1) is 0 Å². The molecule has 1 nitrogen and oxygen atoms in total. The van der Waals surface area contributed by atoms with Crippen LogP contribution in [-0.2, 0) is 0 Å². The number of benzene rings is 3. The van der Waals surface area contributed by atoms with Gasteiger partial charge in [-0.3, -0.25) is 0 Å². The molecule has 3 atom stereocenters. The lowest BCUT2D eigenvalue weighted by Crippen LogP contribution is -2.45. The molecule has 0 amide bonds. The molecule has 3 aromatic carbocycles. The van der Waals surface area contributed by atoms with E-state index in [-0.39, 0.29) is 0 Å². The fraction of sp³-hybridized carbons (Fsp3) is 0.375. The van der Waals surface area contributed by atoms with E-state index in [0.717, 1.165) is 0 Å². The lowest BCUT2D eigenvalue weighted by molar-refractivity contribution is 0.599. The average Bonchev–Trinajstić information content (AvgIpc) is 3.34. The Morgan fingerprint density at radius 3 is 1.69 bits per heavy atom. The van der Waals surface area contributed by atoms with E-state index in [4.69, 9.17) is 6.58 Å². The summed E-state index contributed by atoms with van der Waals surface area (Å²) in [6.07, 6.45) is 8.91. The Hall–Kier alpha value is -1.78. The summed E-state index contributed by atoms with van der Waals surface area (Å²) in [5.41, 5.74) is 4.31. The highest BCUT2D eigenvalue weighted by molar-refractivity contribution is 8.12. The number of hydrogen-bond donors (Lipinski definition) is 0. The lowest BCUT2D eigenvalue weighted by Gasteiger charge is -2.55. The second kappa shape index (κ2) is 10.7. The van der Waals surface area contributed by atoms with E-state index in [2.05, 4.69) is 109 Å². The Bertz CT molecular complexity index is 1070. The van der Waals surface area contributed by atoms with Crippen molar-refractivity contribution in [3.63, 3.8) is 0 Å². The first-order chi connectivity index (χ1) is 17.2. The third-order valence-electron chi connectivity index (χ3n) is 8.38. The van der Waals surface area contributed by atoms with E-state index < -0.39 is 14.8 Å². The maximum absolute atomic E-state index is 5.15. The van der Waals surface area contributed by atoms with Crippen LogP contribution in [0.25, 0.3) is 0 Å². The molecule has 182 valence electrons. The van der Waals surface area contributed by atoms with Crippen LogP contribution in [0.2, 0.25) is 0 Å². The molecule has 1 spiro atoms. The van der Waals surface area contributed by atoms with Crippen LogP contribution in [0.5, 0.6) is 0 Å². The number of nitrogens with zero attached hydrogens (tertiary/aromatic N) is 1. The minimum Gasteiger partial charge on any atom is -0.0653 e. The second-order valence-electron chi connectivity index (χ2n) is 10.2. The Kier molecular flexibility index (Phi) is 7.60. The SMILES string of the molecule is C=C1[P+](CCCC)(c2ccccc2)N(CCCC)[P+]12[C@H](c1ccccc1)CC[C@H]2c1ccccc1. The van der Waals surface area contributed by atoms with Gasteiger partial charge in [0.1, 0.15) is 16.6 Å². The summed E-state index contributed by atoms with van der Waals surface area (Å²) in [5.74, 6) is 0. The molecule has 0 aromatic heterocycles. The minimum absolute atomic E-state index is 0.608. The summed E-state index contributed by atoms with van der Waals surface area (Å²) in [6, 6.07) is 34.5. The molecular weight excluding hydrogens is 460 g/mol. The largest absolute Gasteiger partial charge is 0.244 e. The van der Waals surface area contributed by atoms with Gasteiger partial charge in [0.25, 0.3) is 0 Å². The van der Waals surface area contributed by atoms with Gasteiger partial charge in [0.15, 0.2) is 0 Å². The topological polar surface area (TPSA) is 3.24 Å². The van der Waals surface area contributed by atoms with Gasteiger partial charge in [0, 0.05) is 0 Å². The molecule has 0 radical (unpaired) electrons. The van der Waals surface area contributed by atoms with E-state index in [9.17, 15) is 0 Å². The van der Waals surface area contributed by atoms with Crippen molar-refractivity contribution < 1.29 is 0 Å². The van der Waals surface area contributed by atoms with Gasteiger partial charge >= 0.3 is 0 Å². The van der Waals surface area contributed by atoms with E-state index in [1.54, 1.807) is 21.5 Å². The average molecular weight is 502 g/mol. The zero-order chi connectivity index (χ0) is 24.3. The molecule has 2 aliphatic heterocycles. The summed E-state index contributed by atoms with van der Waals surface area (Å²) in [4.78, 5) is 0. The predicted molar refractivity (Wildman–Crippen MR) is 158 cm³/mol.